The molecule has 5 heteroatoms. The van der Waals surface area contributed by atoms with E-state index in [1.807, 2.05) is 12.1 Å². The molecule has 0 fully saturated rings. The summed E-state index contributed by atoms with van der Waals surface area (Å²) in [7, 11) is 0. The van der Waals surface area contributed by atoms with Crippen molar-refractivity contribution in [3.8, 4) is 5.75 Å². The van der Waals surface area contributed by atoms with Gasteiger partial charge in [0, 0.05) is 10.6 Å². The number of halogens is 2. The fraction of sp³-hybridized carbons (Fsp3) is 0.0714. The zero-order chi connectivity index (χ0) is 13.0. The lowest BCUT2D eigenvalue weighted by Gasteiger charge is -2.07. The molecule has 0 saturated heterocycles. The zero-order valence-corrected chi connectivity index (χ0v) is 11.6. The zero-order valence-electron chi connectivity index (χ0n) is 10.0. The summed E-state index contributed by atoms with van der Waals surface area (Å²) < 4.78 is 5.57. The van der Waals surface area contributed by atoms with Crippen LogP contribution < -0.4 is 10.5 Å². The predicted molar refractivity (Wildman–Crippen MR) is 78.0 cm³/mol. The number of hydrogen-bond donors (Lipinski definition) is 1. The number of hydrogen-bond acceptors (Lipinski definition) is 2. The molecular weight excluding hydrogens is 285 g/mol. The second-order valence-corrected chi connectivity index (χ2v) is 4.24. The largest absolute Gasteiger partial charge is 0.489 e. The molecular formula is C14H13Cl2NO2. The molecule has 0 aliphatic heterocycles. The van der Waals surface area contributed by atoms with Gasteiger partial charge in [-0.15, -0.1) is 12.4 Å². The maximum Gasteiger partial charge on any atom is 0.248 e. The minimum Gasteiger partial charge on any atom is -0.489 e. The normalized spacial score (nSPS) is 9.53. The molecule has 2 aromatic carbocycles. The van der Waals surface area contributed by atoms with Crippen molar-refractivity contribution < 1.29 is 9.53 Å². The van der Waals surface area contributed by atoms with Crippen LogP contribution in [0.25, 0.3) is 0 Å². The summed E-state index contributed by atoms with van der Waals surface area (Å²) in [6, 6.07) is 14.2. The van der Waals surface area contributed by atoms with Gasteiger partial charge in [-0.05, 0) is 35.9 Å². The summed E-state index contributed by atoms with van der Waals surface area (Å²) >= 11 is 5.79. The first-order chi connectivity index (χ1) is 8.65. The van der Waals surface area contributed by atoms with Gasteiger partial charge in [-0.2, -0.15) is 0 Å². The number of nitrogens with two attached hydrogens (primary N) is 1. The number of ether oxygens (including phenoxy) is 1. The number of rotatable bonds is 4. The van der Waals surface area contributed by atoms with Crippen molar-refractivity contribution in [1.29, 1.82) is 0 Å². The van der Waals surface area contributed by atoms with Gasteiger partial charge in [-0.3, -0.25) is 4.79 Å². The first-order valence-electron chi connectivity index (χ1n) is 5.42. The first kappa shape index (κ1) is 15.3. The highest BCUT2D eigenvalue weighted by atomic mass is 35.5. The Labute approximate surface area is 122 Å². The molecule has 0 saturated carbocycles. The van der Waals surface area contributed by atoms with E-state index in [0.717, 1.165) is 5.56 Å². The SMILES string of the molecule is Cl.NC(=O)c1cccc(OCc2ccc(Cl)cc2)c1. The van der Waals surface area contributed by atoms with Crippen molar-refractivity contribution in [1.82, 2.24) is 0 Å². The van der Waals surface area contributed by atoms with Gasteiger partial charge in [-0.1, -0.05) is 29.8 Å². The molecule has 19 heavy (non-hydrogen) atoms. The van der Waals surface area contributed by atoms with Gasteiger partial charge in [0.2, 0.25) is 5.91 Å². The molecule has 2 N–H and O–H groups in total. The Bertz CT molecular complexity index is 556. The van der Waals surface area contributed by atoms with Crippen molar-refractivity contribution in [2.24, 2.45) is 5.73 Å². The molecule has 0 unspecified atom stereocenters. The molecule has 0 heterocycles. The van der Waals surface area contributed by atoms with Crippen LogP contribution in [0.4, 0.5) is 0 Å². The molecule has 0 aliphatic carbocycles. The average Bonchev–Trinajstić information content (AvgIpc) is 2.38. The summed E-state index contributed by atoms with van der Waals surface area (Å²) in [6.45, 7) is 0.416. The van der Waals surface area contributed by atoms with Gasteiger partial charge < -0.3 is 10.5 Å². The Morgan fingerprint density at radius 2 is 1.84 bits per heavy atom. The van der Waals surface area contributed by atoms with Gasteiger partial charge in [0.05, 0.1) is 0 Å². The van der Waals surface area contributed by atoms with Crippen LogP contribution in [0.2, 0.25) is 5.02 Å². The Morgan fingerprint density at radius 1 is 1.16 bits per heavy atom. The molecule has 100 valence electrons. The maximum absolute atomic E-state index is 11.0. The van der Waals surface area contributed by atoms with E-state index in [-0.39, 0.29) is 12.4 Å². The molecule has 0 atom stereocenters. The van der Waals surface area contributed by atoms with Crippen molar-refractivity contribution in [2.45, 2.75) is 6.61 Å². The fourth-order valence-corrected chi connectivity index (χ4v) is 1.61. The molecule has 3 nitrogen and oxygen atoms in total. The lowest BCUT2D eigenvalue weighted by Crippen LogP contribution is -2.10. The van der Waals surface area contributed by atoms with E-state index in [1.54, 1.807) is 36.4 Å². The highest BCUT2D eigenvalue weighted by molar-refractivity contribution is 6.30. The van der Waals surface area contributed by atoms with Gasteiger partial charge in [0.15, 0.2) is 0 Å². The first-order valence-corrected chi connectivity index (χ1v) is 5.80. The van der Waals surface area contributed by atoms with E-state index in [4.69, 9.17) is 22.1 Å². The lowest BCUT2D eigenvalue weighted by molar-refractivity contribution is 0.1000. The monoisotopic (exact) mass is 297 g/mol. The smallest absolute Gasteiger partial charge is 0.248 e. The average molecular weight is 298 g/mol. The van der Waals surface area contributed by atoms with E-state index < -0.39 is 5.91 Å². The van der Waals surface area contributed by atoms with Gasteiger partial charge >= 0.3 is 0 Å². The standard InChI is InChI=1S/C14H12ClNO2.ClH/c15-12-6-4-10(5-7-12)9-18-13-3-1-2-11(8-13)14(16)17;/h1-8H,9H2,(H2,16,17);1H. The maximum atomic E-state index is 11.0. The third-order valence-electron chi connectivity index (χ3n) is 2.44. The Balaban J connectivity index is 0.00000180. The number of amides is 1. The molecule has 0 aliphatic rings. The summed E-state index contributed by atoms with van der Waals surface area (Å²) in [5.41, 5.74) is 6.63. The van der Waals surface area contributed by atoms with Crippen LogP contribution in [-0.2, 0) is 6.61 Å². The fourth-order valence-electron chi connectivity index (χ4n) is 1.49. The summed E-state index contributed by atoms with van der Waals surface area (Å²) in [4.78, 5) is 11.0. The molecule has 0 bridgehead atoms. The van der Waals surface area contributed by atoms with E-state index in [0.29, 0.717) is 22.9 Å². The molecule has 0 spiro atoms. The highest BCUT2D eigenvalue weighted by Crippen LogP contribution is 2.16. The quantitative estimate of drug-likeness (QED) is 0.940. The van der Waals surface area contributed by atoms with Crippen molar-refractivity contribution >= 4 is 29.9 Å². The van der Waals surface area contributed by atoms with Crippen LogP contribution >= 0.6 is 24.0 Å². The second kappa shape index (κ2) is 7.02. The van der Waals surface area contributed by atoms with E-state index in [1.165, 1.54) is 0 Å². The molecule has 1 amide bonds. The van der Waals surface area contributed by atoms with Gasteiger partial charge in [0.25, 0.3) is 0 Å². The summed E-state index contributed by atoms with van der Waals surface area (Å²) in [6.07, 6.45) is 0. The van der Waals surface area contributed by atoms with Crippen LogP contribution in [0.1, 0.15) is 15.9 Å². The van der Waals surface area contributed by atoms with Crippen molar-refractivity contribution in [2.75, 3.05) is 0 Å². The number of benzene rings is 2. The summed E-state index contributed by atoms with van der Waals surface area (Å²) in [5, 5.41) is 0.689. The van der Waals surface area contributed by atoms with Crippen molar-refractivity contribution in [3.63, 3.8) is 0 Å². The minimum atomic E-state index is -0.466. The third-order valence-corrected chi connectivity index (χ3v) is 2.69. The van der Waals surface area contributed by atoms with Crippen LogP contribution in [0, 0.1) is 0 Å². The molecule has 2 aromatic rings. The highest BCUT2D eigenvalue weighted by Gasteiger charge is 2.02. The topological polar surface area (TPSA) is 52.3 Å². The Morgan fingerprint density at radius 3 is 2.47 bits per heavy atom. The van der Waals surface area contributed by atoms with E-state index >= 15 is 0 Å². The van der Waals surface area contributed by atoms with Crippen LogP contribution in [-0.4, -0.2) is 5.91 Å². The predicted octanol–water partition coefficient (Wildman–Crippen LogP) is 3.44. The number of carbonyl (C=O) groups is 1. The number of primary amides is 1. The molecule has 2 rings (SSSR count). The van der Waals surface area contributed by atoms with E-state index in [2.05, 4.69) is 0 Å². The van der Waals surface area contributed by atoms with Gasteiger partial charge in [-0.25, -0.2) is 0 Å². The molecule has 0 aromatic heterocycles. The summed E-state index contributed by atoms with van der Waals surface area (Å²) in [5.74, 6) is 0.146. The van der Waals surface area contributed by atoms with Crippen LogP contribution in [0.3, 0.4) is 0 Å². The van der Waals surface area contributed by atoms with Crippen LogP contribution in [0.5, 0.6) is 5.75 Å². The third kappa shape index (κ3) is 4.47. The minimum absolute atomic E-state index is 0. The number of carbonyl (C=O) groups excluding carboxylic acids is 1. The lowest BCUT2D eigenvalue weighted by atomic mass is 10.2. The van der Waals surface area contributed by atoms with Crippen LogP contribution in [0.15, 0.2) is 48.5 Å². The van der Waals surface area contributed by atoms with Gasteiger partial charge in [0.1, 0.15) is 12.4 Å². The Kier molecular flexibility index (Phi) is 5.67. The second-order valence-electron chi connectivity index (χ2n) is 3.81. The molecule has 0 radical (unpaired) electrons. The van der Waals surface area contributed by atoms with Crippen molar-refractivity contribution in [3.05, 3.63) is 64.7 Å². The van der Waals surface area contributed by atoms with E-state index in [9.17, 15) is 4.79 Å². The Hall–Kier alpha value is -1.71.